The maximum absolute atomic E-state index is 10.7. The third kappa shape index (κ3) is 3.19. The van der Waals surface area contributed by atoms with Crippen LogP contribution >= 0.6 is 0 Å². The van der Waals surface area contributed by atoms with E-state index in [4.69, 9.17) is 4.74 Å². The smallest absolute Gasteiger partial charge is 0.123 e. The van der Waals surface area contributed by atoms with Crippen LogP contribution in [0, 0.1) is 11.8 Å². The predicted octanol–water partition coefficient (Wildman–Crippen LogP) is 2.36. The van der Waals surface area contributed by atoms with Gasteiger partial charge in [0.1, 0.15) is 5.75 Å². The highest BCUT2D eigenvalue weighted by molar-refractivity contribution is 5.33. The van der Waals surface area contributed by atoms with Crippen molar-refractivity contribution in [1.82, 2.24) is 9.80 Å². The SMILES string of the molecule is COc1ccccc1CN1C[C@H]2C[C@@H](N3CCCC3)[C@H](O)C[C@H]2C1. The van der Waals surface area contributed by atoms with E-state index < -0.39 is 0 Å². The Labute approximate surface area is 145 Å². The Hall–Kier alpha value is -1.10. The van der Waals surface area contributed by atoms with Crippen molar-refractivity contribution in [1.29, 1.82) is 0 Å². The standard InChI is InChI=1S/C20H30N2O2/c1-24-20-7-3-2-6-15(20)12-21-13-16-10-18(22-8-4-5-9-22)19(23)11-17(16)14-21/h2-3,6-7,16-19,23H,4-5,8-14H2,1H3/t16-,17+,18-,19-/m1/s1. The molecular weight excluding hydrogens is 300 g/mol. The summed E-state index contributed by atoms with van der Waals surface area (Å²) in [6.45, 7) is 5.61. The summed E-state index contributed by atoms with van der Waals surface area (Å²) in [5.74, 6) is 2.39. The molecule has 1 aromatic carbocycles. The van der Waals surface area contributed by atoms with Gasteiger partial charge in [0.25, 0.3) is 0 Å². The molecule has 1 saturated carbocycles. The van der Waals surface area contributed by atoms with Crippen LogP contribution < -0.4 is 4.74 Å². The Kier molecular flexibility index (Phi) is 4.79. The molecule has 1 aromatic rings. The first-order chi connectivity index (χ1) is 11.7. The summed E-state index contributed by atoms with van der Waals surface area (Å²) in [6, 6.07) is 8.74. The number of aliphatic hydroxyl groups is 1. The number of likely N-dealkylation sites (tertiary alicyclic amines) is 2. The molecule has 2 saturated heterocycles. The molecule has 1 N–H and O–H groups in total. The van der Waals surface area contributed by atoms with E-state index in [9.17, 15) is 5.11 Å². The average Bonchev–Trinajstić information content (AvgIpc) is 3.23. The zero-order chi connectivity index (χ0) is 16.5. The van der Waals surface area contributed by atoms with Crippen molar-refractivity contribution in [2.24, 2.45) is 11.8 Å². The highest BCUT2D eigenvalue weighted by Crippen LogP contribution is 2.39. The van der Waals surface area contributed by atoms with Gasteiger partial charge in [-0.3, -0.25) is 9.80 Å². The zero-order valence-corrected chi connectivity index (χ0v) is 14.7. The second kappa shape index (κ2) is 7.03. The van der Waals surface area contributed by atoms with Gasteiger partial charge >= 0.3 is 0 Å². The molecule has 4 atom stereocenters. The molecule has 0 bridgehead atoms. The minimum atomic E-state index is -0.129. The lowest BCUT2D eigenvalue weighted by atomic mass is 9.77. The fourth-order valence-corrected chi connectivity index (χ4v) is 5.17. The monoisotopic (exact) mass is 330 g/mol. The minimum Gasteiger partial charge on any atom is -0.496 e. The van der Waals surface area contributed by atoms with Gasteiger partial charge in [0, 0.05) is 31.2 Å². The fourth-order valence-electron chi connectivity index (χ4n) is 5.17. The minimum absolute atomic E-state index is 0.129. The van der Waals surface area contributed by atoms with Gasteiger partial charge in [0.2, 0.25) is 0 Å². The Bertz CT molecular complexity index is 558. The number of hydrogen-bond donors (Lipinski definition) is 1. The highest BCUT2D eigenvalue weighted by Gasteiger charge is 2.43. The van der Waals surface area contributed by atoms with Gasteiger partial charge in [-0.1, -0.05) is 18.2 Å². The molecule has 1 aliphatic carbocycles. The molecule has 24 heavy (non-hydrogen) atoms. The predicted molar refractivity (Wildman–Crippen MR) is 95.1 cm³/mol. The van der Waals surface area contributed by atoms with E-state index in [2.05, 4.69) is 21.9 Å². The Balaban J connectivity index is 1.40. The molecule has 2 aliphatic heterocycles. The van der Waals surface area contributed by atoms with E-state index in [0.717, 1.165) is 31.2 Å². The molecule has 132 valence electrons. The quantitative estimate of drug-likeness (QED) is 0.919. The molecule has 0 radical (unpaired) electrons. The number of fused-ring (bicyclic) bond motifs is 1. The second-order valence-corrected chi connectivity index (χ2v) is 7.88. The van der Waals surface area contributed by atoms with Crippen LogP contribution in [0.3, 0.4) is 0 Å². The molecule has 0 spiro atoms. The van der Waals surface area contributed by atoms with Gasteiger partial charge in [-0.15, -0.1) is 0 Å². The van der Waals surface area contributed by atoms with E-state index in [1.165, 1.54) is 44.5 Å². The van der Waals surface area contributed by atoms with Crippen LogP contribution in [0.15, 0.2) is 24.3 Å². The lowest BCUT2D eigenvalue weighted by Crippen LogP contribution is -2.48. The van der Waals surface area contributed by atoms with Crippen LogP contribution in [0.4, 0.5) is 0 Å². The maximum Gasteiger partial charge on any atom is 0.123 e. The van der Waals surface area contributed by atoms with Crippen LogP contribution in [0.5, 0.6) is 5.75 Å². The molecule has 3 fully saturated rings. The van der Waals surface area contributed by atoms with Gasteiger partial charge in [0.15, 0.2) is 0 Å². The van der Waals surface area contributed by atoms with E-state index >= 15 is 0 Å². The van der Waals surface area contributed by atoms with Gasteiger partial charge in [-0.2, -0.15) is 0 Å². The van der Waals surface area contributed by atoms with Crippen molar-refractivity contribution in [2.75, 3.05) is 33.3 Å². The molecule has 3 aliphatic rings. The van der Waals surface area contributed by atoms with Crippen LogP contribution in [0.1, 0.15) is 31.2 Å². The summed E-state index contributed by atoms with van der Waals surface area (Å²) in [5, 5.41) is 10.7. The maximum atomic E-state index is 10.7. The largest absolute Gasteiger partial charge is 0.496 e. The number of nitrogens with zero attached hydrogens (tertiary/aromatic N) is 2. The number of ether oxygens (including phenoxy) is 1. The number of para-hydroxylation sites is 1. The Morgan fingerprint density at radius 3 is 2.54 bits per heavy atom. The van der Waals surface area contributed by atoms with Crippen molar-refractivity contribution in [3.8, 4) is 5.75 Å². The normalized spacial score (nSPS) is 34.4. The number of rotatable bonds is 4. The van der Waals surface area contributed by atoms with E-state index in [1.807, 2.05) is 12.1 Å². The number of aliphatic hydroxyl groups excluding tert-OH is 1. The summed E-state index contributed by atoms with van der Waals surface area (Å²) < 4.78 is 5.50. The van der Waals surface area contributed by atoms with Crippen molar-refractivity contribution < 1.29 is 9.84 Å². The van der Waals surface area contributed by atoms with Gasteiger partial charge in [-0.25, -0.2) is 0 Å². The van der Waals surface area contributed by atoms with Crippen LogP contribution in [0.2, 0.25) is 0 Å². The first-order valence-corrected chi connectivity index (χ1v) is 9.51. The Morgan fingerprint density at radius 1 is 1.08 bits per heavy atom. The molecule has 4 nitrogen and oxygen atoms in total. The number of methoxy groups -OCH3 is 1. The highest BCUT2D eigenvalue weighted by atomic mass is 16.5. The lowest BCUT2D eigenvalue weighted by Gasteiger charge is -2.40. The number of hydrogen-bond acceptors (Lipinski definition) is 4. The second-order valence-electron chi connectivity index (χ2n) is 7.88. The van der Waals surface area contributed by atoms with Crippen molar-refractivity contribution in [3.05, 3.63) is 29.8 Å². The lowest BCUT2D eigenvalue weighted by molar-refractivity contribution is -0.000861. The first kappa shape index (κ1) is 16.4. The van der Waals surface area contributed by atoms with Crippen LogP contribution in [-0.2, 0) is 6.54 Å². The van der Waals surface area contributed by atoms with Crippen LogP contribution in [-0.4, -0.2) is 60.3 Å². The average molecular weight is 330 g/mol. The van der Waals surface area contributed by atoms with Crippen molar-refractivity contribution in [3.63, 3.8) is 0 Å². The molecule has 4 heteroatoms. The summed E-state index contributed by atoms with van der Waals surface area (Å²) in [7, 11) is 1.75. The molecule has 0 aromatic heterocycles. The van der Waals surface area contributed by atoms with Crippen LogP contribution in [0.25, 0.3) is 0 Å². The topological polar surface area (TPSA) is 35.9 Å². The summed E-state index contributed by atoms with van der Waals surface area (Å²) >= 11 is 0. The van der Waals surface area contributed by atoms with Crippen molar-refractivity contribution in [2.45, 2.75) is 44.4 Å². The first-order valence-electron chi connectivity index (χ1n) is 9.51. The third-order valence-corrected chi connectivity index (χ3v) is 6.38. The molecule has 4 rings (SSSR count). The van der Waals surface area contributed by atoms with Gasteiger partial charge in [0.05, 0.1) is 13.2 Å². The molecule has 2 heterocycles. The molecular formula is C20H30N2O2. The summed E-state index contributed by atoms with van der Waals surface area (Å²) in [6.07, 6.45) is 4.63. The van der Waals surface area contributed by atoms with E-state index in [1.54, 1.807) is 7.11 Å². The Morgan fingerprint density at radius 2 is 1.79 bits per heavy atom. The number of benzene rings is 1. The van der Waals surface area contributed by atoms with E-state index in [-0.39, 0.29) is 6.10 Å². The molecule has 0 unspecified atom stereocenters. The van der Waals surface area contributed by atoms with Crippen molar-refractivity contribution >= 4 is 0 Å². The van der Waals surface area contributed by atoms with E-state index in [0.29, 0.717) is 12.0 Å². The molecule has 0 amide bonds. The third-order valence-electron chi connectivity index (χ3n) is 6.38. The van der Waals surface area contributed by atoms with Gasteiger partial charge in [-0.05, 0) is 56.7 Å². The summed E-state index contributed by atoms with van der Waals surface area (Å²) in [4.78, 5) is 5.11. The summed E-state index contributed by atoms with van der Waals surface area (Å²) in [5.41, 5.74) is 1.27. The zero-order valence-electron chi connectivity index (χ0n) is 14.7. The van der Waals surface area contributed by atoms with Gasteiger partial charge < -0.3 is 9.84 Å². The fraction of sp³-hybridized carbons (Fsp3) is 0.700.